The Morgan fingerprint density at radius 2 is 1.62 bits per heavy atom. The van der Waals surface area contributed by atoms with Crippen molar-refractivity contribution >= 4 is 34.7 Å². The Labute approximate surface area is 155 Å². The summed E-state index contributed by atoms with van der Waals surface area (Å²) < 4.78 is 0. The number of nitrogens with zero attached hydrogens (tertiary/aromatic N) is 1. The van der Waals surface area contributed by atoms with E-state index in [4.69, 9.17) is 11.6 Å². The molecule has 2 rings (SSSR count). The molecular formula is C18H18ClN3O4. The third-order valence-electron chi connectivity index (χ3n) is 3.60. The molecule has 0 saturated heterocycles. The zero-order valence-electron chi connectivity index (χ0n) is 13.9. The summed E-state index contributed by atoms with van der Waals surface area (Å²) >= 11 is 5.77. The van der Waals surface area contributed by atoms with Gasteiger partial charge in [-0.15, -0.1) is 0 Å². The second-order valence-electron chi connectivity index (χ2n) is 5.51. The molecule has 0 heterocycles. The van der Waals surface area contributed by atoms with Crippen LogP contribution in [0.1, 0.15) is 23.2 Å². The average Bonchev–Trinajstić information content (AvgIpc) is 2.64. The predicted molar refractivity (Wildman–Crippen MR) is 99.6 cm³/mol. The van der Waals surface area contributed by atoms with E-state index in [9.17, 15) is 19.7 Å². The van der Waals surface area contributed by atoms with Gasteiger partial charge in [-0.1, -0.05) is 11.6 Å². The first-order valence-electron chi connectivity index (χ1n) is 7.99. The first-order valence-corrected chi connectivity index (χ1v) is 8.37. The van der Waals surface area contributed by atoms with Crippen LogP contribution in [0.4, 0.5) is 11.4 Å². The number of rotatable bonds is 9. The third-order valence-corrected chi connectivity index (χ3v) is 3.85. The molecule has 0 radical (unpaired) electrons. The number of ketones is 1. The van der Waals surface area contributed by atoms with E-state index in [0.717, 1.165) is 5.69 Å². The molecule has 0 aliphatic rings. The third kappa shape index (κ3) is 6.18. The van der Waals surface area contributed by atoms with Gasteiger partial charge in [0, 0.05) is 54.3 Å². The van der Waals surface area contributed by atoms with Crippen molar-refractivity contribution in [1.82, 2.24) is 5.32 Å². The Morgan fingerprint density at radius 3 is 2.23 bits per heavy atom. The summed E-state index contributed by atoms with van der Waals surface area (Å²) in [6.45, 7) is 0.847. The zero-order valence-corrected chi connectivity index (χ0v) is 14.7. The normalized spacial score (nSPS) is 10.2. The van der Waals surface area contributed by atoms with Gasteiger partial charge in [0.15, 0.2) is 5.78 Å². The van der Waals surface area contributed by atoms with Crippen LogP contribution in [0.25, 0.3) is 0 Å². The number of carbonyl (C=O) groups excluding carboxylic acids is 2. The minimum atomic E-state index is -0.463. The molecule has 0 spiro atoms. The van der Waals surface area contributed by atoms with Crippen LogP contribution in [-0.2, 0) is 4.79 Å². The lowest BCUT2D eigenvalue weighted by Crippen LogP contribution is -2.29. The zero-order chi connectivity index (χ0) is 18.9. The maximum absolute atomic E-state index is 12.0. The van der Waals surface area contributed by atoms with Crippen molar-refractivity contribution in [3.63, 3.8) is 0 Å². The molecule has 1 amide bonds. The lowest BCUT2D eigenvalue weighted by atomic mass is 10.1. The first-order chi connectivity index (χ1) is 12.5. The Morgan fingerprint density at radius 1 is 0.962 bits per heavy atom. The number of carbonyl (C=O) groups is 2. The number of Topliss-reactive ketones (excluding diaryl/α,β-unsaturated/α-hetero) is 1. The molecular weight excluding hydrogens is 358 g/mol. The largest absolute Gasteiger partial charge is 0.383 e. The number of benzene rings is 2. The van der Waals surface area contributed by atoms with E-state index in [1.807, 2.05) is 0 Å². The van der Waals surface area contributed by atoms with Gasteiger partial charge in [-0.3, -0.25) is 19.7 Å². The van der Waals surface area contributed by atoms with Gasteiger partial charge in [0.25, 0.3) is 5.69 Å². The molecule has 0 aliphatic heterocycles. The molecule has 0 bridgehead atoms. The van der Waals surface area contributed by atoms with E-state index < -0.39 is 4.92 Å². The van der Waals surface area contributed by atoms with Gasteiger partial charge in [-0.25, -0.2) is 0 Å². The van der Waals surface area contributed by atoms with E-state index in [2.05, 4.69) is 10.6 Å². The van der Waals surface area contributed by atoms with Gasteiger partial charge in [0.1, 0.15) is 0 Å². The Kier molecular flexibility index (Phi) is 7.11. The van der Waals surface area contributed by atoms with Crippen molar-refractivity contribution in [2.45, 2.75) is 12.8 Å². The topological polar surface area (TPSA) is 101 Å². The number of nitrogens with one attached hydrogen (secondary N) is 2. The van der Waals surface area contributed by atoms with Crippen molar-refractivity contribution in [3.8, 4) is 0 Å². The lowest BCUT2D eigenvalue weighted by Gasteiger charge is -2.08. The SMILES string of the molecule is O=C(CCC(=O)c1ccc(Cl)cc1)NCCNc1ccc([N+](=O)[O-])cc1. The van der Waals surface area contributed by atoms with Crippen LogP contribution < -0.4 is 10.6 Å². The van der Waals surface area contributed by atoms with E-state index in [1.165, 1.54) is 12.1 Å². The van der Waals surface area contributed by atoms with Crippen molar-refractivity contribution in [2.75, 3.05) is 18.4 Å². The molecule has 2 aromatic rings. The minimum Gasteiger partial charge on any atom is -0.383 e. The Bertz CT molecular complexity index is 776. The van der Waals surface area contributed by atoms with Crippen LogP contribution in [0.2, 0.25) is 5.02 Å². The minimum absolute atomic E-state index is 0.0224. The summed E-state index contributed by atoms with van der Waals surface area (Å²) in [6, 6.07) is 12.6. The van der Waals surface area contributed by atoms with Gasteiger partial charge >= 0.3 is 0 Å². The van der Waals surface area contributed by atoms with Crippen LogP contribution in [0.3, 0.4) is 0 Å². The molecule has 0 saturated carbocycles. The van der Waals surface area contributed by atoms with Crippen LogP contribution >= 0.6 is 11.6 Å². The molecule has 7 nitrogen and oxygen atoms in total. The van der Waals surface area contributed by atoms with E-state index in [1.54, 1.807) is 36.4 Å². The summed E-state index contributed by atoms with van der Waals surface area (Å²) in [6.07, 6.45) is 0.238. The summed E-state index contributed by atoms with van der Waals surface area (Å²) in [4.78, 5) is 33.9. The first kappa shape index (κ1) is 19.4. The van der Waals surface area contributed by atoms with E-state index in [-0.39, 0.29) is 30.2 Å². The number of nitro groups is 1. The van der Waals surface area contributed by atoms with Gasteiger partial charge in [0.2, 0.25) is 5.91 Å². The second-order valence-corrected chi connectivity index (χ2v) is 5.95. The number of anilines is 1. The second kappa shape index (κ2) is 9.53. The number of nitro benzene ring substituents is 1. The van der Waals surface area contributed by atoms with Crippen molar-refractivity contribution < 1.29 is 14.5 Å². The molecule has 8 heteroatoms. The molecule has 0 unspecified atom stereocenters. The molecule has 136 valence electrons. The number of amides is 1. The van der Waals surface area contributed by atoms with Crippen molar-refractivity contribution in [1.29, 1.82) is 0 Å². The smallest absolute Gasteiger partial charge is 0.269 e. The lowest BCUT2D eigenvalue weighted by molar-refractivity contribution is -0.384. The number of hydrogen-bond acceptors (Lipinski definition) is 5. The quantitative estimate of drug-likeness (QED) is 0.302. The number of halogens is 1. The maximum Gasteiger partial charge on any atom is 0.269 e. The maximum atomic E-state index is 12.0. The van der Waals surface area contributed by atoms with Crippen LogP contribution in [0, 0.1) is 10.1 Å². The highest BCUT2D eigenvalue weighted by molar-refractivity contribution is 6.30. The number of hydrogen-bond donors (Lipinski definition) is 2. The molecule has 26 heavy (non-hydrogen) atoms. The molecule has 2 N–H and O–H groups in total. The molecule has 0 aliphatic carbocycles. The predicted octanol–water partition coefficient (Wildman–Crippen LogP) is 3.44. The molecule has 0 aromatic heterocycles. The summed E-state index contributed by atoms with van der Waals surface area (Å²) in [5.74, 6) is -0.321. The molecule has 2 aromatic carbocycles. The highest BCUT2D eigenvalue weighted by Gasteiger charge is 2.09. The van der Waals surface area contributed by atoms with Crippen LogP contribution in [0.5, 0.6) is 0 Å². The number of non-ortho nitro benzene ring substituents is 1. The summed E-state index contributed by atoms with van der Waals surface area (Å²) in [5.41, 5.74) is 1.28. The van der Waals surface area contributed by atoms with Crippen LogP contribution in [0.15, 0.2) is 48.5 Å². The van der Waals surface area contributed by atoms with Crippen LogP contribution in [-0.4, -0.2) is 29.7 Å². The summed E-state index contributed by atoms with van der Waals surface area (Å²) in [7, 11) is 0. The van der Waals surface area contributed by atoms with E-state index >= 15 is 0 Å². The van der Waals surface area contributed by atoms with Gasteiger partial charge in [0.05, 0.1) is 4.92 Å². The highest BCUT2D eigenvalue weighted by atomic mass is 35.5. The summed E-state index contributed by atoms with van der Waals surface area (Å²) in [5, 5.41) is 16.9. The average molecular weight is 376 g/mol. The fourth-order valence-electron chi connectivity index (χ4n) is 2.21. The van der Waals surface area contributed by atoms with E-state index in [0.29, 0.717) is 23.7 Å². The Hall–Kier alpha value is -2.93. The Balaban J connectivity index is 1.65. The van der Waals surface area contributed by atoms with Gasteiger partial charge in [-0.2, -0.15) is 0 Å². The monoisotopic (exact) mass is 375 g/mol. The van der Waals surface area contributed by atoms with Crippen molar-refractivity contribution in [2.24, 2.45) is 0 Å². The standard InChI is InChI=1S/C18H18ClN3O4/c19-14-3-1-13(2-4-14)17(23)9-10-18(24)21-12-11-20-15-5-7-16(8-6-15)22(25)26/h1-8,20H,9-12H2,(H,21,24). The highest BCUT2D eigenvalue weighted by Crippen LogP contribution is 2.15. The molecule has 0 atom stereocenters. The fourth-order valence-corrected chi connectivity index (χ4v) is 2.33. The van der Waals surface area contributed by atoms with Gasteiger partial charge in [-0.05, 0) is 36.4 Å². The molecule has 0 fully saturated rings. The van der Waals surface area contributed by atoms with Gasteiger partial charge < -0.3 is 10.6 Å². The van der Waals surface area contributed by atoms with Crippen molar-refractivity contribution in [3.05, 3.63) is 69.2 Å². The fraction of sp³-hybridized carbons (Fsp3) is 0.222.